The van der Waals surface area contributed by atoms with Gasteiger partial charge in [0.25, 0.3) is 0 Å². The van der Waals surface area contributed by atoms with Crippen molar-refractivity contribution in [1.82, 2.24) is 15.0 Å². The molecule has 15 heavy (non-hydrogen) atoms. The van der Waals surface area contributed by atoms with E-state index >= 15 is 0 Å². The molecule has 3 nitrogen and oxygen atoms in total. The Bertz CT molecular complexity index is 367. The topological polar surface area (TPSA) is 30.7 Å². The molecule has 0 aliphatic heterocycles. The van der Waals surface area contributed by atoms with Crippen LogP contribution in [0, 0.1) is 11.8 Å². The Morgan fingerprint density at radius 3 is 2.67 bits per heavy atom. The normalized spacial score (nSPS) is 29.3. The highest BCUT2D eigenvalue weighted by Gasteiger charge is 2.38. The quantitative estimate of drug-likeness (QED) is 0.704. The minimum absolute atomic E-state index is 0.454. The summed E-state index contributed by atoms with van der Waals surface area (Å²) in [5.74, 6) is 2.04. The third-order valence-corrected chi connectivity index (χ3v) is 3.93. The number of aryl methyl sites for hydroxylation is 1. The molecule has 82 valence electrons. The fraction of sp³-hybridized carbons (Fsp3) is 0.833. The fourth-order valence-electron chi connectivity index (χ4n) is 2.88. The Morgan fingerprint density at radius 2 is 1.93 bits per heavy atom. The lowest BCUT2D eigenvalue weighted by Crippen LogP contribution is -2.10. The molecule has 1 heterocycles. The molecule has 2 atom stereocenters. The highest BCUT2D eigenvalue weighted by atomic mass is 15.4. The summed E-state index contributed by atoms with van der Waals surface area (Å²) in [5.41, 5.74) is 2.68. The molecule has 0 N–H and O–H groups in total. The molecular weight excluding hydrogens is 186 g/mol. The van der Waals surface area contributed by atoms with Gasteiger partial charge in [-0.25, -0.2) is 4.68 Å². The lowest BCUT2D eigenvalue weighted by atomic mass is 10.0. The highest BCUT2D eigenvalue weighted by Crippen LogP contribution is 2.46. The van der Waals surface area contributed by atoms with Crippen LogP contribution in [0.4, 0.5) is 0 Å². The zero-order valence-corrected chi connectivity index (χ0v) is 9.61. The lowest BCUT2D eigenvalue weighted by Gasteiger charge is -2.12. The van der Waals surface area contributed by atoms with Crippen molar-refractivity contribution in [3.63, 3.8) is 0 Å². The molecule has 1 saturated carbocycles. The minimum atomic E-state index is 0.454. The van der Waals surface area contributed by atoms with Crippen molar-refractivity contribution in [2.24, 2.45) is 11.8 Å². The first-order chi connectivity index (χ1) is 7.25. The third kappa shape index (κ3) is 1.58. The summed E-state index contributed by atoms with van der Waals surface area (Å²) in [5, 5.41) is 8.63. The Kier molecular flexibility index (Phi) is 2.08. The molecule has 0 amide bonds. The molecule has 1 aromatic rings. The Hall–Kier alpha value is -0.860. The molecule has 2 aliphatic rings. The fourth-order valence-corrected chi connectivity index (χ4v) is 2.88. The highest BCUT2D eigenvalue weighted by molar-refractivity contribution is 5.14. The lowest BCUT2D eigenvalue weighted by molar-refractivity contribution is 0.481. The smallest absolute Gasteiger partial charge is 0.0859 e. The van der Waals surface area contributed by atoms with Crippen LogP contribution in [0.2, 0.25) is 0 Å². The summed E-state index contributed by atoms with van der Waals surface area (Å²) in [7, 11) is 0. The second-order valence-electron chi connectivity index (χ2n) is 5.35. The first-order valence-electron chi connectivity index (χ1n) is 6.18. The molecule has 0 radical (unpaired) electrons. The molecule has 0 aromatic carbocycles. The summed E-state index contributed by atoms with van der Waals surface area (Å²) < 4.78 is 2.12. The van der Waals surface area contributed by atoms with Crippen LogP contribution in [0.1, 0.15) is 50.5 Å². The van der Waals surface area contributed by atoms with E-state index in [0.29, 0.717) is 6.04 Å². The predicted octanol–water partition coefficient (Wildman–Crippen LogP) is 2.37. The Morgan fingerprint density at radius 1 is 1.20 bits per heavy atom. The van der Waals surface area contributed by atoms with Crippen molar-refractivity contribution in [2.45, 2.75) is 52.0 Å². The van der Waals surface area contributed by atoms with Crippen molar-refractivity contribution in [3.8, 4) is 0 Å². The van der Waals surface area contributed by atoms with Crippen LogP contribution in [0.25, 0.3) is 0 Å². The van der Waals surface area contributed by atoms with E-state index in [9.17, 15) is 0 Å². The SMILES string of the molecule is CC(C)n1nnc2c1CCC1CC1CC2. The predicted molar refractivity (Wildman–Crippen MR) is 58.6 cm³/mol. The average Bonchev–Trinajstić information content (AvgIpc) is 2.78. The molecule has 0 bridgehead atoms. The monoisotopic (exact) mass is 205 g/mol. The first kappa shape index (κ1) is 9.37. The number of hydrogen-bond acceptors (Lipinski definition) is 2. The first-order valence-corrected chi connectivity index (χ1v) is 6.18. The largest absolute Gasteiger partial charge is 0.247 e. The van der Waals surface area contributed by atoms with Crippen LogP contribution in [0.15, 0.2) is 0 Å². The zero-order chi connectivity index (χ0) is 10.4. The van der Waals surface area contributed by atoms with Gasteiger partial charge in [-0.15, -0.1) is 5.10 Å². The second kappa shape index (κ2) is 3.32. The van der Waals surface area contributed by atoms with Gasteiger partial charge in [-0.2, -0.15) is 0 Å². The van der Waals surface area contributed by atoms with Crippen LogP contribution >= 0.6 is 0 Å². The van der Waals surface area contributed by atoms with Crippen LogP contribution in [0.5, 0.6) is 0 Å². The molecule has 0 saturated heterocycles. The van der Waals surface area contributed by atoms with Crippen molar-refractivity contribution < 1.29 is 0 Å². The van der Waals surface area contributed by atoms with E-state index in [-0.39, 0.29) is 0 Å². The molecule has 1 aromatic heterocycles. The number of nitrogens with zero attached hydrogens (tertiary/aromatic N) is 3. The van der Waals surface area contributed by atoms with E-state index in [0.717, 1.165) is 18.3 Å². The van der Waals surface area contributed by atoms with Gasteiger partial charge in [0.1, 0.15) is 0 Å². The van der Waals surface area contributed by atoms with Crippen LogP contribution < -0.4 is 0 Å². The summed E-state index contributed by atoms with van der Waals surface area (Å²) in [6, 6.07) is 0.454. The molecule has 0 spiro atoms. The molecule has 1 fully saturated rings. The molecule has 3 heteroatoms. The van der Waals surface area contributed by atoms with E-state index in [1.807, 2.05) is 0 Å². The van der Waals surface area contributed by atoms with Gasteiger partial charge in [-0.05, 0) is 57.8 Å². The van der Waals surface area contributed by atoms with Crippen molar-refractivity contribution in [3.05, 3.63) is 11.4 Å². The van der Waals surface area contributed by atoms with Gasteiger partial charge in [-0.1, -0.05) is 5.21 Å². The number of rotatable bonds is 1. The van der Waals surface area contributed by atoms with E-state index in [4.69, 9.17) is 0 Å². The van der Waals surface area contributed by atoms with Gasteiger partial charge in [0.05, 0.1) is 11.4 Å². The maximum absolute atomic E-state index is 4.35. The van der Waals surface area contributed by atoms with Gasteiger partial charge in [0.2, 0.25) is 0 Å². The third-order valence-electron chi connectivity index (χ3n) is 3.93. The van der Waals surface area contributed by atoms with Crippen molar-refractivity contribution in [2.75, 3.05) is 0 Å². The minimum Gasteiger partial charge on any atom is -0.247 e. The summed E-state index contributed by atoms with van der Waals surface area (Å²) in [6.07, 6.45) is 6.52. The van der Waals surface area contributed by atoms with Crippen LogP contribution in [0.3, 0.4) is 0 Å². The maximum Gasteiger partial charge on any atom is 0.0859 e. The maximum atomic E-state index is 4.35. The Labute approximate surface area is 90.9 Å². The van der Waals surface area contributed by atoms with Gasteiger partial charge >= 0.3 is 0 Å². The van der Waals surface area contributed by atoms with Crippen LogP contribution in [-0.4, -0.2) is 15.0 Å². The van der Waals surface area contributed by atoms with Crippen molar-refractivity contribution in [1.29, 1.82) is 0 Å². The standard InChI is InChI=1S/C12H19N3/c1-8(2)15-12-6-4-10-7-9(10)3-5-11(12)13-14-15/h8-10H,3-7H2,1-2H3. The van der Waals surface area contributed by atoms with Gasteiger partial charge < -0.3 is 0 Å². The summed E-state index contributed by atoms with van der Waals surface area (Å²) >= 11 is 0. The van der Waals surface area contributed by atoms with E-state index in [1.165, 1.54) is 37.1 Å². The van der Waals surface area contributed by atoms with E-state index in [1.54, 1.807) is 0 Å². The number of aromatic nitrogens is 3. The zero-order valence-electron chi connectivity index (χ0n) is 9.61. The van der Waals surface area contributed by atoms with Gasteiger partial charge in [0.15, 0.2) is 0 Å². The summed E-state index contributed by atoms with van der Waals surface area (Å²) in [6.45, 7) is 4.38. The summed E-state index contributed by atoms with van der Waals surface area (Å²) in [4.78, 5) is 0. The van der Waals surface area contributed by atoms with Crippen LogP contribution in [-0.2, 0) is 12.8 Å². The van der Waals surface area contributed by atoms with Gasteiger partial charge in [0, 0.05) is 6.04 Å². The molecular formula is C12H19N3. The molecule has 2 unspecified atom stereocenters. The average molecular weight is 205 g/mol. The van der Waals surface area contributed by atoms with Gasteiger partial charge in [-0.3, -0.25) is 0 Å². The molecule has 3 rings (SSSR count). The Balaban J connectivity index is 1.90. The number of hydrogen-bond donors (Lipinski definition) is 0. The second-order valence-corrected chi connectivity index (χ2v) is 5.35. The van der Waals surface area contributed by atoms with E-state index < -0.39 is 0 Å². The van der Waals surface area contributed by atoms with Crippen molar-refractivity contribution >= 4 is 0 Å². The number of fused-ring (bicyclic) bond motifs is 2. The van der Waals surface area contributed by atoms with E-state index in [2.05, 4.69) is 28.8 Å². The molecule has 2 aliphatic carbocycles.